The van der Waals surface area contributed by atoms with Gasteiger partial charge in [-0.25, -0.2) is 15.2 Å². The fourth-order valence-electron chi connectivity index (χ4n) is 4.16. The summed E-state index contributed by atoms with van der Waals surface area (Å²) in [4.78, 5) is 47.1. The van der Waals surface area contributed by atoms with E-state index in [0.29, 0.717) is 39.1 Å². The van der Waals surface area contributed by atoms with Gasteiger partial charge in [-0.2, -0.15) is 5.10 Å². The van der Waals surface area contributed by atoms with Crippen LogP contribution in [0.15, 0.2) is 32.7 Å². The number of aromatic nitrogens is 2. The molecule has 2 aliphatic heterocycles. The lowest BCUT2D eigenvalue weighted by atomic mass is 9.96. The Hall–Kier alpha value is -4.66. The molecule has 2 aliphatic rings. The molecule has 14 nitrogen and oxygen atoms in total. The average molecular weight is 558 g/mol. The molecule has 3 aromatic rings. The molecule has 39 heavy (non-hydrogen) atoms. The number of esters is 1. The van der Waals surface area contributed by atoms with Crippen molar-refractivity contribution in [1.82, 2.24) is 14.8 Å². The molecule has 0 radical (unpaired) electrons. The van der Waals surface area contributed by atoms with Crippen molar-refractivity contribution >= 4 is 40.1 Å². The second kappa shape index (κ2) is 11.0. The Morgan fingerprint density at radius 3 is 2.82 bits per heavy atom. The van der Waals surface area contributed by atoms with Crippen molar-refractivity contribution in [2.24, 2.45) is 10.3 Å². The SMILES string of the molecule is CCOC(=O)C1=NO[C@H](Cc2c(/C=N/NC(=O)c3cc(=O)n4ccsc4n3)c3c(c(OC)c2OC)OCO3)C1. The van der Waals surface area contributed by atoms with Gasteiger partial charge in [0, 0.05) is 41.6 Å². The van der Waals surface area contributed by atoms with E-state index in [1.807, 2.05) is 0 Å². The number of carbonyl (C=O) groups excluding carboxylic acids is 2. The molecule has 4 heterocycles. The lowest BCUT2D eigenvalue weighted by molar-refractivity contribution is -0.135. The molecule has 0 bridgehead atoms. The number of ether oxygens (including phenoxy) is 5. The number of fused-ring (bicyclic) bond motifs is 2. The number of hydrazone groups is 1. The van der Waals surface area contributed by atoms with Gasteiger partial charge in [0.05, 0.1) is 27.0 Å². The molecule has 0 saturated heterocycles. The van der Waals surface area contributed by atoms with Gasteiger partial charge in [0.25, 0.3) is 11.5 Å². The number of methoxy groups -OCH3 is 2. The summed E-state index contributed by atoms with van der Waals surface area (Å²) < 4.78 is 28.9. The standard InChI is InChI=1S/C24H23N5O9S/c1-4-35-23(32)16-8-12(38-28-16)7-13-14(19-21(37-11-36-19)20(34-3)18(13)33-2)10-25-27-22(31)15-9-17(30)29-5-6-39-24(29)26-15/h5-6,9-10,12H,4,7-8,11H2,1-3H3,(H,27,31)/b25-10+/t12-/m1/s1. The molecule has 2 aromatic heterocycles. The van der Waals surface area contributed by atoms with Gasteiger partial charge >= 0.3 is 5.97 Å². The zero-order valence-corrected chi connectivity index (χ0v) is 21.9. The molecule has 1 amide bonds. The van der Waals surface area contributed by atoms with Crippen LogP contribution in [-0.4, -0.2) is 66.9 Å². The summed E-state index contributed by atoms with van der Waals surface area (Å²) in [5.41, 5.74) is 3.07. The van der Waals surface area contributed by atoms with E-state index in [1.165, 1.54) is 36.2 Å². The molecule has 1 N–H and O–H groups in total. The van der Waals surface area contributed by atoms with Crippen LogP contribution in [0.25, 0.3) is 4.96 Å². The molecule has 15 heteroatoms. The fourth-order valence-corrected chi connectivity index (χ4v) is 4.88. The summed E-state index contributed by atoms with van der Waals surface area (Å²) in [6, 6.07) is 1.12. The summed E-state index contributed by atoms with van der Waals surface area (Å²) in [6.07, 6.45) is 2.83. The second-order valence-corrected chi connectivity index (χ2v) is 9.02. The van der Waals surface area contributed by atoms with E-state index in [0.717, 1.165) is 6.07 Å². The summed E-state index contributed by atoms with van der Waals surface area (Å²) in [5.74, 6) is 0.0386. The largest absolute Gasteiger partial charge is 0.492 e. The highest BCUT2D eigenvalue weighted by Crippen LogP contribution is 2.52. The number of thiazole rings is 1. The highest BCUT2D eigenvalue weighted by atomic mass is 32.1. The second-order valence-electron chi connectivity index (χ2n) is 8.15. The topological polar surface area (TPSA) is 161 Å². The molecule has 0 spiro atoms. The predicted octanol–water partition coefficient (Wildman–Crippen LogP) is 1.52. The third-order valence-electron chi connectivity index (χ3n) is 5.85. The average Bonchev–Trinajstić information content (AvgIpc) is 3.70. The molecule has 1 atom stereocenters. The number of amides is 1. The van der Waals surface area contributed by atoms with Gasteiger partial charge in [0.1, 0.15) is 11.8 Å². The Bertz CT molecular complexity index is 1560. The highest BCUT2D eigenvalue weighted by molar-refractivity contribution is 7.15. The monoisotopic (exact) mass is 557 g/mol. The van der Waals surface area contributed by atoms with Crippen molar-refractivity contribution in [3.8, 4) is 23.0 Å². The smallest absolute Gasteiger partial charge is 0.356 e. The minimum absolute atomic E-state index is 0.0732. The normalized spacial score (nSPS) is 15.8. The lowest BCUT2D eigenvalue weighted by Crippen LogP contribution is -2.23. The number of nitrogens with zero attached hydrogens (tertiary/aromatic N) is 4. The number of carbonyl (C=O) groups is 2. The zero-order chi connectivity index (χ0) is 27.5. The van der Waals surface area contributed by atoms with Gasteiger partial charge in [0.2, 0.25) is 18.3 Å². The molecule has 0 unspecified atom stereocenters. The first kappa shape index (κ1) is 26.0. The van der Waals surface area contributed by atoms with Gasteiger partial charge in [-0.3, -0.25) is 14.0 Å². The fraction of sp³-hybridized carbons (Fsp3) is 0.333. The third kappa shape index (κ3) is 4.95. The van der Waals surface area contributed by atoms with E-state index in [1.54, 1.807) is 18.5 Å². The molecular weight excluding hydrogens is 534 g/mol. The molecule has 0 fully saturated rings. The van der Waals surface area contributed by atoms with Crippen LogP contribution in [0, 0.1) is 0 Å². The van der Waals surface area contributed by atoms with Gasteiger partial charge in [-0.05, 0) is 6.92 Å². The summed E-state index contributed by atoms with van der Waals surface area (Å²) >= 11 is 1.22. The van der Waals surface area contributed by atoms with E-state index < -0.39 is 18.0 Å². The van der Waals surface area contributed by atoms with Crippen molar-refractivity contribution in [1.29, 1.82) is 0 Å². The van der Waals surface area contributed by atoms with Crippen LogP contribution in [0.1, 0.15) is 35.0 Å². The number of benzene rings is 1. The predicted molar refractivity (Wildman–Crippen MR) is 137 cm³/mol. The third-order valence-corrected chi connectivity index (χ3v) is 6.61. The van der Waals surface area contributed by atoms with Crippen LogP contribution in [-0.2, 0) is 20.8 Å². The molecule has 204 valence electrons. The van der Waals surface area contributed by atoms with Gasteiger partial charge < -0.3 is 28.5 Å². The maximum Gasteiger partial charge on any atom is 0.356 e. The maximum absolute atomic E-state index is 12.7. The minimum atomic E-state index is -0.679. The molecule has 0 aliphatic carbocycles. The Balaban J connectivity index is 1.44. The van der Waals surface area contributed by atoms with Crippen LogP contribution >= 0.6 is 11.3 Å². The first-order valence-corrected chi connectivity index (χ1v) is 12.6. The maximum atomic E-state index is 12.7. The van der Waals surface area contributed by atoms with Crippen molar-refractivity contribution in [2.45, 2.75) is 25.9 Å². The molecule has 1 aromatic carbocycles. The number of hydrogen-bond acceptors (Lipinski definition) is 13. The van der Waals surface area contributed by atoms with Crippen molar-refractivity contribution in [2.75, 3.05) is 27.6 Å². The van der Waals surface area contributed by atoms with Crippen LogP contribution in [0.2, 0.25) is 0 Å². The molecular formula is C24H23N5O9S. The number of hydrogen-bond donors (Lipinski definition) is 1. The van der Waals surface area contributed by atoms with E-state index in [-0.39, 0.29) is 43.2 Å². The Morgan fingerprint density at radius 1 is 1.26 bits per heavy atom. The minimum Gasteiger partial charge on any atom is -0.492 e. The quantitative estimate of drug-likeness (QED) is 0.232. The number of nitrogens with one attached hydrogen (secondary N) is 1. The first-order chi connectivity index (χ1) is 18.9. The number of rotatable bonds is 9. The van der Waals surface area contributed by atoms with Crippen LogP contribution in [0.3, 0.4) is 0 Å². The molecule has 5 rings (SSSR count). The van der Waals surface area contributed by atoms with Crippen molar-refractivity contribution in [3.05, 3.63) is 44.8 Å². The summed E-state index contributed by atoms with van der Waals surface area (Å²) in [7, 11) is 2.93. The van der Waals surface area contributed by atoms with Crippen LogP contribution < -0.4 is 29.9 Å². The summed E-state index contributed by atoms with van der Waals surface area (Å²) in [6.45, 7) is 1.85. The van der Waals surface area contributed by atoms with Crippen molar-refractivity contribution in [3.63, 3.8) is 0 Å². The number of oxime groups is 1. The van der Waals surface area contributed by atoms with Gasteiger partial charge in [-0.1, -0.05) is 5.16 Å². The highest BCUT2D eigenvalue weighted by Gasteiger charge is 2.34. The van der Waals surface area contributed by atoms with E-state index in [2.05, 4.69) is 20.7 Å². The van der Waals surface area contributed by atoms with Crippen LogP contribution in [0.4, 0.5) is 0 Å². The van der Waals surface area contributed by atoms with Crippen LogP contribution in [0.5, 0.6) is 23.0 Å². The Kier molecular flexibility index (Phi) is 7.31. The zero-order valence-electron chi connectivity index (χ0n) is 21.1. The summed E-state index contributed by atoms with van der Waals surface area (Å²) in [5, 5.41) is 9.64. The van der Waals surface area contributed by atoms with Gasteiger partial charge in [0.15, 0.2) is 22.2 Å². The van der Waals surface area contributed by atoms with E-state index in [4.69, 9.17) is 28.5 Å². The molecule has 0 saturated carbocycles. The Labute approximate surface area is 224 Å². The Morgan fingerprint density at radius 2 is 2.05 bits per heavy atom. The lowest BCUT2D eigenvalue weighted by Gasteiger charge is -2.19. The van der Waals surface area contributed by atoms with Crippen molar-refractivity contribution < 1.29 is 38.1 Å². The van der Waals surface area contributed by atoms with Gasteiger partial charge in [-0.15, -0.1) is 11.3 Å². The first-order valence-electron chi connectivity index (χ1n) is 11.7. The van der Waals surface area contributed by atoms with E-state index in [9.17, 15) is 14.4 Å². The van der Waals surface area contributed by atoms with E-state index >= 15 is 0 Å².